The van der Waals surface area contributed by atoms with E-state index in [1.165, 1.54) is 0 Å². The first kappa shape index (κ1) is 15.7. The fraction of sp³-hybridized carbons (Fsp3) is 0.500. The summed E-state index contributed by atoms with van der Waals surface area (Å²) in [4.78, 5) is 11.9. The topological polar surface area (TPSA) is 77.4 Å². The van der Waals surface area contributed by atoms with Gasteiger partial charge in [-0.1, -0.05) is 11.3 Å². The van der Waals surface area contributed by atoms with Crippen LogP contribution in [0.25, 0.3) is 10.2 Å². The summed E-state index contributed by atoms with van der Waals surface area (Å²) >= 11 is 1.07. The summed E-state index contributed by atoms with van der Waals surface area (Å²) in [6.07, 6.45) is 1.80. The van der Waals surface area contributed by atoms with Crippen LogP contribution in [-0.2, 0) is 21.3 Å². The zero-order valence-electron chi connectivity index (χ0n) is 12.2. The molecule has 0 amide bonds. The lowest BCUT2D eigenvalue weighted by Gasteiger charge is -2.11. The van der Waals surface area contributed by atoms with Crippen LogP contribution in [0, 0.1) is 0 Å². The number of benzene rings is 1. The smallest absolute Gasteiger partial charge is 0.308 e. The van der Waals surface area contributed by atoms with Gasteiger partial charge in [0.1, 0.15) is 0 Å². The van der Waals surface area contributed by atoms with E-state index in [1.807, 2.05) is 6.92 Å². The van der Waals surface area contributed by atoms with E-state index in [0.29, 0.717) is 17.9 Å². The summed E-state index contributed by atoms with van der Waals surface area (Å²) in [5.41, 5.74) is 0.774. The van der Waals surface area contributed by atoms with E-state index in [9.17, 15) is 13.2 Å². The number of fused-ring (bicyclic) bond motifs is 1. The molecule has 1 N–H and O–H groups in total. The molecule has 1 saturated heterocycles. The Morgan fingerprint density at radius 2 is 2.27 bits per heavy atom. The minimum atomic E-state index is -3.58. The molecule has 0 spiro atoms. The van der Waals surface area contributed by atoms with Gasteiger partial charge in [-0.15, -0.1) is 0 Å². The quantitative estimate of drug-likeness (QED) is 0.894. The fourth-order valence-corrected chi connectivity index (χ4v) is 4.77. The Hall–Kier alpha value is -1.22. The summed E-state index contributed by atoms with van der Waals surface area (Å²) in [6, 6.07) is 4.79. The minimum Gasteiger partial charge on any atom is -0.377 e. The zero-order valence-corrected chi connectivity index (χ0v) is 13.9. The lowest BCUT2D eigenvalue weighted by Crippen LogP contribution is -2.31. The maximum Gasteiger partial charge on any atom is 0.308 e. The van der Waals surface area contributed by atoms with Crippen molar-refractivity contribution in [2.24, 2.45) is 0 Å². The minimum absolute atomic E-state index is 0.0456. The highest BCUT2D eigenvalue weighted by atomic mass is 32.2. The molecule has 1 fully saturated rings. The van der Waals surface area contributed by atoms with E-state index in [2.05, 4.69) is 4.72 Å². The molecule has 1 unspecified atom stereocenters. The molecule has 1 aliphatic rings. The predicted molar refractivity (Wildman–Crippen MR) is 85.9 cm³/mol. The van der Waals surface area contributed by atoms with Gasteiger partial charge in [-0.2, -0.15) is 0 Å². The van der Waals surface area contributed by atoms with Crippen LogP contribution in [0.2, 0.25) is 0 Å². The zero-order chi connectivity index (χ0) is 15.7. The summed E-state index contributed by atoms with van der Waals surface area (Å²) in [5.74, 6) is 0. The molecule has 0 saturated carbocycles. The van der Waals surface area contributed by atoms with Crippen molar-refractivity contribution in [3.63, 3.8) is 0 Å². The predicted octanol–water partition coefficient (Wildman–Crippen LogP) is 1.54. The van der Waals surface area contributed by atoms with Gasteiger partial charge >= 0.3 is 4.87 Å². The van der Waals surface area contributed by atoms with Crippen molar-refractivity contribution >= 4 is 31.6 Å². The van der Waals surface area contributed by atoms with Crippen LogP contribution in [0.5, 0.6) is 0 Å². The number of hydrogen-bond donors (Lipinski definition) is 1. The standard InChI is InChI=1S/C14H18N2O4S2/c1-2-16-12-6-5-11(8-13(12)21-14(16)17)22(18,19)15-9-10-4-3-7-20-10/h5-6,8,10,15H,2-4,7,9H2,1H3. The molecule has 3 rings (SSSR count). The first-order valence-corrected chi connectivity index (χ1v) is 9.56. The van der Waals surface area contributed by atoms with Gasteiger partial charge in [0, 0.05) is 19.7 Å². The Morgan fingerprint density at radius 1 is 1.45 bits per heavy atom. The molecule has 0 radical (unpaired) electrons. The number of ether oxygens (including phenoxy) is 1. The van der Waals surface area contributed by atoms with E-state index in [1.54, 1.807) is 22.8 Å². The first-order chi connectivity index (χ1) is 10.5. The Balaban J connectivity index is 1.86. The molecule has 1 atom stereocenters. The average molecular weight is 342 g/mol. The Bertz CT molecular complexity index is 832. The molecule has 120 valence electrons. The third-order valence-electron chi connectivity index (χ3n) is 3.79. The molecule has 22 heavy (non-hydrogen) atoms. The first-order valence-electron chi connectivity index (χ1n) is 7.26. The van der Waals surface area contributed by atoms with Crippen LogP contribution in [0.3, 0.4) is 0 Å². The number of aromatic nitrogens is 1. The van der Waals surface area contributed by atoms with Crippen molar-refractivity contribution in [1.29, 1.82) is 0 Å². The largest absolute Gasteiger partial charge is 0.377 e. The second-order valence-corrected chi connectivity index (χ2v) is 7.99. The molecule has 1 aromatic heterocycles. The SMILES string of the molecule is CCn1c(=O)sc2cc(S(=O)(=O)NCC3CCCO3)ccc21. The Labute approximate surface area is 132 Å². The van der Waals surface area contributed by atoms with Crippen molar-refractivity contribution in [3.8, 4) is 0 Å². The van der Waals surface area contributed by atoms with Gasteiger partial charge in [-0.05, 0) is 38.0 Å². The highest BCUT2D eigenvalue weighted by molar-refractivity contribution is 7.89. The molecule has 1 aliphatic heterocycles. The van der Waals surface area contributed by atoms with Crippen LogP contribution in [0.15, 0.2) is 27.9 Å². The highest BCUT2D eigenvalue weighted by Gasteiger charge is 2.21. The van der Waals surface area contributed by atoms with Gasteiger partial charge in [-0.25, -0.2) is 13.1 Å². The van der Waals surface area contributed by atoms with Crippen LogP contribution in [-0.4, -0.2) is 32.2 Å². The highest BCUT2D eigenvalue weighted by Crippen LogP contribution is 2.22. The maximum atomic E-state index is 12.3. The second-order valence-electron chi connectivity index (χ2n) is 5.23. The molecular formula is C14H18N2O4S2. The third-order valence-corrected chi connectivity index (χ3v) is 6.15. The molecule has 2 aromatic rings. The molecule has 1 aromatic carbocycles. The van der Waals surface area contributed by atoms with Gasteiger partial charge in [0.15, 0.2) is 0 Å². The third kappa shape index (κ3) is 2.96. The van der Waals surface area contributed by atoms with E-state index in [-0.39, 0.29) is 22.4 Å². The van der Waals surface area contributed by atoms with E-state index < -0.39 is 10.0 Å². The van der Waals surface area contributed by atoms with Crippen LogP contribution in [0.1, 0.15) is 19.8 Å². The van der Waals surface area contributed by atoms with E-state index in [4.69, 9.17) is 4.74 Å². The van der Waals surface area contributed by atoms with Crippen LogP contribution >= 0.6 is 11.3 Å². The maximum absolute atomic E-state index is 12.3. The molecular weight excluding hydrogens is 324 g/mol. The summed E-state index contributed by atoms with van der Waals surface area (Å²) in [6.45, 7) is 3.44. The van der Waals surface area contributed by atoms with Crippen molar-refractivity contribution in [2.45, 2.75) is 37.3 Å². The molecule has 0 bridgehead atoms. The van der Waals surface area contributed by atoms with Crippen molar-refractivity contribution in [2.75, 3.05) is 13.2 Å². The number of aryl methyl sites for hydroxylation is 1. The monoisotopic (exact) mass is 342 g/mol. The van der Waals surface area contributed by atoms with Gasteiger partial charge < -0.3 is 4.74 Å². The number of sulfonamides is 1. The van der Waals surface area contributed by atoms with Crippen molar-refractivity contribution in [3.05, 3.63) is 27.9 Å². The number of thiazole rings is 1. The number of rotatable bonds is 5. The Kier molecular flexibility index (Phi) is 4.35. The van der Waals surface area contributed by atoms with Crippen LogP contribution in [0.4, 0.5) is 0 Å². The van der Waals surface area contributed by atoms with E-state index in [0.717, 1.165) is 29.7 Å². The second kappa shape index (κ2) is 6.11. The van der Waals surface area contributed by atoms with Gasteiger partial charge in [0.05, 0.1) is 21.2 Å². The lowest BCUT2D eigenvalue weighted by molar-refractivity contribution is 0.114. The van der Waals surface area contributed by atoms with Gasteiger partial charge in [0.25, 0.3) is 0 Å². The number of hydrogen-bond acceptors (Lipinski definition) is 5. The lowest BCUT2D eigenvalue weighted by atomic mass is 10.2. The normalized spacial score (nSPS) is 19.0. The molecule has 8 heteroatoms. The van der Waals surface area contributed by atoms with Gasteiger partial charge in [0.2, 0.25) is 10.0 Å². The Morgan fingerprint density at radius 3 is 2.95 bits per heavy atom. The van der Waals surface area contributed by atoms with Crippen molar-refractivity contribution < 1.29 is 13.2 Å². The summed E-state index contributed by atoms with van der Waals surface area (Å²) in [7, 11) is -3.58. The number of nitrogens with zero attached hydrogens (tertiary/aromatic N) is 1. The molecule has 2 heterocycles. The fourth-order valence-electron chi connectivity index (χ4n) is 2.60. The van der Waals surface area contributed by atoms with E-state index >= 15 is 0 Å². The summed E-state index contributed by atoms with van der Waals surface area (Å²) < 4.78 is 35.0. The number of nitrogens with one attached hydrogen (secondary N) is 1. The van der Waals surface area contributed by atoms with Crippen LogP contribution < -0.4 is 9.60 Å². The average Bonchev–Trinajstić information content (AvgIpc) is 3.10. The molecule has 0 aliphatic carbocycles. The summed E-state index contributed by atoms with van der Waals surface area (Å²) in [5, 5.41) is 0. The van der Waals surface area contributed by atoms with Crippen molar-refractivity contribution in [1.82, 2.24) is 9.29 Å². The molecule has 6 nitrogen and oxygen atoms in total. The van der Waals surface area contributed by atoms with Gasteiger partial charge in [-0.3, -0.25) is 9.36 Å².